The van der Waals surface area contributed by atoms with Crippen molar-refractivity contribution in [3.8, 4) is 5.75 Å². The van der Waals surface area contributed by atoms with Gasteiger partial charge >= 0.3 is 0 Å². The lowest BCUT2D eigenvalue weighted by molar-refractivity contribution is -0.120. The summed E-state index contributed by atoms with van der Waals surface area (Å²) in [4.78, 5) is 30.5. The van der Waals surface area contributed by atoms with E-state index in [4.69, 9.17) is 11.5 Å². The molecule has 0 saturated heterocycles. The molecule has 0 aliphatic carbocycles. The molecule has 7 nitrogen and oxygen atoms in total. The van der Waals surface area contributed by atoms with E-state index in [1.54, 1.807) is 30.5 Å². The van der Waals surface area contributed by atoms with E-state index < -0.39 is 12.1 Å². The van der Waals surface area contributed by atoms with Crippen LogP contribution in [0.3, 0.4) is 0 Å². The lowest BCUT2D eigenvalue weighted by atomic mass is 10.0. The maximum Gasteiger partial charge on any atom is 0.157 e. The number of nitrogens with zero attached hydrogens (tertiary/aromatic N) is 1. The Hall–Kier alpha value is -2.51. The molecule has 6 N–H and O–H groups in total. The molecule has 0 spiro atoms. The van der Waals surface area contributed by atoms with Crippen LogP contribution in [0.25, 0.3) is 0 Å². The molecule has 2 unspecified atom stereocenters. The predicted molar refractivity (Wildman–Crippen MR) is 89.4 cm³/mol. The highest BCUT2D eigenvalue weighted by molar-refractivity contribution is 5.85. The number of phenolic OH excluding ortho intramolecular Hbond substituents is 1. The standard InChI is InChI=1S/C17H22N4O3/c1-10(22)14(18)7-12-9-20-17(21-12)8-16(24)15(19)6-11-2-4-13(23)5-3-11/h2-5,9,14-15,23H,6-8,18-19H2,1H3,(H,20,21). The van der Waals surface area contributed by atoms with Crippen molar-refractivity contribution >= 4 is 11.6 Å². The maximum absolute atomic E-state index is 12.2. The fraction of sp³-hybridized carbons (Fsp3) is 0.353. The summed E-state index contributed by atoms with van der Waals surface area (Å²) in [5.74, 6) is 0.440. The minimum Gasteiger partial charge on any atom is -0.508 e. The van der Waals surface area contributed by atoms with Gasteiger partial charge in [-0.2, -0.15) is 0 Å². The minimum atomic E-state index is -0.650. The normalized spacial score (nSPS) is 13.5. The lowest BCUT2D eigenvalue weighted by Crippen LogP contribution is -2.34. The maximum atomic E-state index is 12.2. The molecule has 2 atom stereocenters. The minimum absolute atomic E-state index is 0.0918. The number of phenols is 1. The van der Waals surface area contributed by atoms with Crippen molar-refractivity contribution in [2.75, 3.05) is 0 Å². The molecule has 0 radical (unpaired) electrons. The number of aromatic hydroxyl groups is 1. The van der Waals surface area contributed by atoms with Crippen molar-refractivity contribution in [3.05, 3.63) is 47.5 Å². The Morgan fingerprint density at radius 1 is 1.17 bits per heavy atom. The van der Waals surface area contributed by atoms with E-state index in [1.165, 1.54) is 6.92 Å². The van der Waals surface area contributed by atoms with Crippen molar-refractivity contribution in [1.29, 1.82) is 0 Å². The topological polar surface area (TPSA) is 135 Å². The zero-order valence-electron chi connectivity index (χ0n) is 13.5. The van der Waals surface area contributed by atoms with Gasteiger partial charge in [-0.15, -0.1) is 0 Å². The summed E-state index contributed by atoms with van der Waals surface area (Å²) in [6.07, 6.45) is 2.42. The van der Waals surface area contributed by atoms with E-state index in [9.17, 15) is 14.7 Å². The van der Waals surface area contributed by atoms with Crippen LogP contribution in [0.15, 0.2) is 30.5 Å². The van der Waals surface area contributed by atoms with Crippen molar-refractivity contribution in [2.24, 2.45) is 11.5 Å². The number of ketones is 2. The average molecular weight is 330 g/mol. The molecule has 128 valence electrons. The number of aromatic amines is 1. The Morgan fingerprint density at radius 3 is 2.46 bits per heavy atom. The third-order valence-corrected chi connectivity index (χ3v) is 3.79. The quantitative estimate of drug-likeness (QED) is 0.548. The Balaban J connectivity index is 1.90. The summed E-state index contributed by atoms with van der Waals surface area (Å²) in [6, 6.07) is 5.36. The predicted octanol–water partition coefficient (Wildman–Crippen LogP) is 0.256. The molecule has 0 aliphatic heterocycles. The van der Waals surface area contributed by atoms with Gasteiger partial charge in [-0.25, -0.2) is 4.98 Å². The number of hydrogen-bond donors (Lipinski definition) is 4. The Labute approximate surface area is 140 Å². The van der Waals surface area contributed by atoms with Gasteiger partial charge in [0.15, 0.2) is 5.78 Å². The SMILES string of the molecule is CC(=O)C(N)Cc1cnc(CC(=O)C(N)Cc2ccc(O)cc2)[nH]1. The summed E-state index contributed by atoms with van der Waals surface area (Å²) in [5.41, 5.74) is 13.2. The van der Waals surface area contributed by atoms with Crippen molar-refractivity contribution in [3.63, 3.8) is 0 Å². The lowest BCUT2D eigenvalue weighted by Gasteiger charge is -2.10. The van der Waals surface area contributed by atoms with E-state index in [2.05, 4.69) is 9.97 Å². The van der Waals surface area contributed by atoms with Crippen LogP contribution in [-0.2, 0) is 28.9 Å². The van der Waals surface area contributed by atoms with Gasteiger partial charge in [-0.1, -0.05) is 12.1 Å². The van der Waals surface area contributed by atoms with E-state index >= 15 is 0 Å². The van der Waals surface area contributed by atoms with Crippen LogP contribution in [0.4, 0.5) is 0 Å². The zero-order chi connectivity index (χ0) is 17.7. The molecule has 0 saturated carbocycles. The molecule has 1 aromatic carbocycles. The number of Topliss-reactive ketones (excluding diaryl/α,β-unsaturated/α-hetero) is 2. The van der Waals surface area contributed by atoms with Gasteiger partial charge in [0.05, 0.1) is 18.5 Å². The number of rotatable bonds is 8. The number of imidazole rings is 1. The van der Waals surface area contributed by atoms with E-state index in [-0.39, 0.29) is 23.7 Å². The van der Waals surface area contributed by atoms with Crippen LogP contribution in [0, 0.1) is 0 Å². The highest BCUT2D eigenvalue weighted by Crippen LogP contribution is 2.11. The van der Waals surface area contributed by atoms with E-state index in [0.29, 0.717) is 24.4 Å². The van der Waals surface area contributed by atoms with Crippen LogP contribution >= 0.6 is 0 Å². The summed E-state index contributed by atoms with van der Waals surface area (Å²) in [7, 11) is 0. The molecule has 2 aromatic rings. The number of hydrogen-bond acceptors (Lipinski definition) is 6. The molecule has 0 aliphatic rings. The van der Waals surface area contributed by atoms with Gasteiger partial charge in [0.1, 0.15) is 17.4 Å². The van der Waals surface area contributed by atoms with Gasteiger partial charge in [-0.3, -0.25) is 9.59 Å². The number of benzene rings is 1. The number of aromatic nitrogens is 2. The molecule has 0 bridgehead atoms. The molecule has 1 aromatic heterocycles. The summed E-state index contributed by atoms with van der Waals surface area (Å²) >= 11 is 0. The Morgan fingerprint density at radius 2 is 1.83 bits per heavy atom. The first kappa shape index (κ1) is 17.8. The van der Waals surface area contributed by atoms with E-state index in [1.807, 2.05) is 0 Å². The third-order valence-electron chi connectivity index (χ3n) is 3.79. The van der Waals surface area contributed by atoms with Crippen LogP contribution < -0.4 is 11.5 Å². The second-order valence-corrected chi connectivity index (χ2v) is 5.90. The fourth-order valence-corrected chi connectivity index (χ4v) is 2.28. The molecule has 0 fully saturated rings. The number of nitrogens with one attached hydrogen (secondary N) is 1. The molecular formula is C17H22N4O3. The molecule has 1 heterocycles. The highest BCUT2D eigenvalue weighted by atomic mass is 16.3. The summed E-state index contributed by atoms with van der Waals surface area (Å²) in [6.45, 7) is 1.44. The Bertz CT molecular complexity index is 709. The highest BCUT2D eigenvalue weighted by Gasteiger charge is 2.17. The van der Waals surface area contributed by atoms with E-state index in [0.717, 1.165) is 5.56 Å². The monoisotopic (exact) mass is 330 g/mol. The number of nitrogens with two attached hydrogens (primary N) is 2. The summed E-state index contributed by atoms with van der Waals surface area (Å²) in [5, 5.41) is 9.25. The first-order chi connectivity index (χ1) is 11.3. The van der Waals surface area contributed by atoms with Crippen molar-refractivity contribution in [2.45, 2.75) is 38.3 Å². The first-order valence-electron chi connectivity index (χ1n) is 7.70. The van der Waals surface area contributed by atoms with Gasteiger partial charge < -0.3 is 21.6 Å². The van der Waals surface area contributed by atoms with Crippen LogP contribution in [-0.4, -0.2) is 38.7 Å². The largest absolute Gasteiger partial charge is 0.508 e. The second-order valence-electron chi connectivity index (χ2n) is 5.90. The fourth-order valence-electron chi connectivity index (χ4n) is 2.28. The third kappa shape index (κ3) is 5.00. The van der Waals surface area contributed by atoms with Gasteiger partial charge in [0.25, 0.3) is 0 Å². The number of carbonyl (C=O) groups is 2. The molecular weight excluding hydrogens is 308 g/mol. The molecule has 7 heteroatoms. The van der Waals surface area contributed by atoms with Crippen LogP contribution in [0.1, 0.15) is 24.0 Å². The first-order valence-corrected chi connectivity index (χ1v) is 7.70. The average Bonchev–Trinajstić information content (AvgIpc) is 2.96. The Kier molecular flexibility index (Phi) is 5.83. The van der Waals surface area contributed by atoms with Crippen molar-refractivity contribution < 1.29 is 14.7 Å². The zero-order valence-corrected chi connectivity index (χ0v) is 13.5. The van der Waals surface area contributed by atoms with Gasteiger partial charge in [-0.05, 0) is 31.0 Å². The van der Waals surface area contributed by atoms with Crippen molar-refractivity contribution in [1.82, 2.24) is 9.97 Å². The smallest absolute Gasteiger partial charge is 0.157 e. The number of carbonyl (C=O) groups excluding carboxylic acids is 2. The molecule has 24 heavy (non-hydrogen) atoms. The molecule has 0 amide bonds. The number of H-pyrrole nitrogens is 1. The van der Waals surface area contributed by atoms with Crippen LogP contribution in [0.5, 0.6) is 5.75 Å². The summed E-state index contributed by atoms with van der Waals surface area (Å²) < 4.78 is 0. The van der Waals surface area contributed by atoms with Crippen LogP contribution in [0.2, 0.25) is 0 Å². The van der Waals surface area contributed by atoms with Gasteiger partial charge in [0.2, 0.25) is 0 Å². The van der Waals surface area contributed by atoms with Gasteiger partial charge in [0, 0.05) is 18.3 Å². The molecule has 2 rings (SSSR count). The second kappa shape index (κ2) is 7.85.